The topological polar surface area (TPSA) is 96.5 Å². The Bertz CT molecular complexity index is 1620. The lowest BCUT2D eigenvalue weighted by Gasteiger charge is -2.31. The zero-order valence-electron chi connectivity index (χ0n) is 25.5. The van der Waals surface area contributed by atoms with E-state index in [0.29, 0.717) is 50.5 Å². The van der Waals surface area contributed by atoms with E-state index < -0.39 is 15.9 Å². The number of sulfonamides is 1. The fourth-order valence-electron chi connectivity index (χ4n) is 6.04. The number of Topliss-reactive ketones (excluding diaryl/α,β-unsaturated/α-hetero) is 1. The largest absolute Gasteiger partial charge is 0.492 e. The molecule has 2 aliphatic rings. The van der Waals surface area contributed by atoms with Gasteiger partial charge < -0.3 is 19.3 Å². The van der Waals surface area contributed by atoms with Crippen LogP contribution in [0.15, 0.2) is 53.4 Å². The van der Waals surface area contributed by atoms with Crippen molar-refractivity contribution < 1.29 is 27.5 Å². The number of amides is 1. The van der Waals surface area contributed by atoms with Crippen LogP contribution in [0.4, 0.5) is 5.69 Å². The summed E-state index contributed by atoms with van der Waals surface area (Å²) in [6.07, 6.45) is 2.19. The Hall–Kier alpha value is -3.31. The van der Waals surface area contributed by atoms with Crippen LogP contribution in [0, 0.1) is 12.8 Å². The van der Waals surface area contributed by atoms with Gasteiger partial charge in [0.15, 0.2) is 0 Å². The molecular formula is C33H41N3O6S. The molecule has 1 fully saturated rings. The van der Waals surface area contributed by atoms with Crippen LogP contribution < -0.4 is 9.64 Å². The molecule has 9 nitrogen and oxygen atoms in total. The minimum Gasteiger partial charge on any atom is -0.492 e. The van der Waals surface area contributed by atoms with E-state index in [-0.39, 0.29) is 29.6 Å². The van der Waals surface area contributed by atoms with Crippen molar-refractivity contribution in [2.45, 2.75) is 37.5 Å². The van der Waals surface area contributed by atoms with Crippen LogP contribution in [0.1, 0.15) is 40.7 Å². The summed E-state index contributed by atoms with van der Waals surface area (Å²) < 4.78 is 39.7. The lowest BCUT2D eigenvalue weighted by Crippen LogP contribution is -2.42. The van der Waals surface area contributed by atoms with Crippen molar-refractivity contribution in [1.82, 2.24) is 9.21 Å². The van der Waals surface area contributed by atoms with E-state index >= 15 is 0 Å². The highest BCUT2D eigenvalue weighted by molar-refractivity contribution is 7.89. The second-order valence-electron chi connectivity index (χ2n) is 11.7. The van der Waals surface area contributed by atoms with Crippen molar-refractivity contribution in [3.63, 3.8) is 0 Å². The number of hydrogen-bond donors (Lipinski definition) is 0. The Morgan fingerprint density at radius 1 is 1.09 bits per heavy atom. The molecule has 230 valence electrons. The third kappa shape index (κ3) is 6.47. The predicted octanol–water partition coefficient (Wildman–Crippen LogP) is 4.30. The first-order valence-corrected chi connectivity index (χ1v) is 16.3. The number of carbonyl (C=O) groups excluding carboxylic acids is 2. The van der Waals surface area contributed by atoms with Crippen molar-refractivity contribution in [3.05, 3.63) is 65.2 Å². The Labute approximate surface area is 254 Å². The summed E-state index contributed by atoms with van der Waals surface area (Å²) in [6.45, 7) is 4.79. The summed E-state index contributed by atoms with van der Waals surface area (Å²) in [5, 5.41) is 1.78. The van der Waals surface area contributed by atoms with Gasteiger partial charge in [-0.2, -0.15) is 4.31 Å². The van der Waals surface area contributed by atoms with Crippen LogP contribution in [0.5, 0.6) is 5.75 Å². The molecule has 0 radical (unpaired) electrons. The molecule has 3 aromatic carbocycles. The average molecular weight is 608 g/mol. The van der Waals surface area contributed by atoms with Crippen molar-refractivity contribution in [2.75, 3.05) is 65.5 Å². The van der Waals surface area contributed by atoms with Gasteiger partial charge in [-0.05, 0) is 87.1 Å². The van der Waals surface area contributed by atoms with Crippen LogP contribution in [0.25, 0.3) is 10.8 Å². The first-order chi connectivity index (χ1) is 20.6. The quantitative estimate of drug-likeness (QED) is 0.268. The fraction of sp³-hybridized carbons (Fsp3) is 0.455. The van der Waals surface area contributed by atoms with Gasteiger partial charge in [0.05, 0.1) is 10.6 Å². The lowest BCUT2D eigenvalue weighted by molar-refractivity contribution is -0.123. The number of aryl methyl sites for hydroxylation is 1. The van der Waals surface area contributed by atoms with Crippen LogP contribution in [0.3, 0.4) is 0 Å². The predicted molar refractivity (Wildman–Crippen MR) is 168 cm³/mol. The Morgan fingerprint density at radius 3 is 2.65 bits per heavy atom. The first kappa shape index (κ1) is 31.1. The minimum absolute atomic E-state index is 0.0164. The molecule has 0 spiro atoms. The highest BCUT2D eigenvalue weighted by Crippen LogP contribution is 2.39. The lowest BCUT2D eigenvalue weighted by atomic mass is 9.89. The van der Waals surface area contributed by atoms with Gasteiger partial charge in [0.25, 0.3) is 5.91 Å². The molecule has 0 bridgehead atoms. The zero-order chi connectivity index (χ0) is 30.7. The standard InChI is InChI=1S/C33H41N3O6S/c1-23-20-26(12-14-31(23)42-19-17-34(2)3)43(39,40)35-15-6-8-25(22-35)30(37)21-24-11-13-29-32-27(24)9-5-10-28(32)33(38)36(29)16-7-18-41-4/h5,9-14,20,25H,6-8,15-19,21-22H2,1-4H3. The van der Waals surface area contributed by atoms with Gasteiger partial charge >= 0.3 is 0 Å². The molecule has 2 aliphatic heterocycles. The number of ketones is 1. The molecule has 1 atom stereocenters. The van der Waals surface area contributed by atoms with E-state index in [0.717, 1.165) is 40.6 Å². The maximum atomic E-state index is 13.6. The molecule has 0 aliphatic carbocycles. The van der Waals surface area contributed by atoms with E-state index in [1.807, 2.05) is 56.3 Å². The fourth-order valence-corrected chi connectivity index (χ4v) is 7.65. The number of methoxy groups -OCH3 is 1. The van der Waals surface area contributed by atoms with E-state index in [9.17, 15) is 18.0 Å². The maximum Gasteiger partial charge on any atom is 0.258 e. The first-order valence-electron chi connectivity index (χ1n) is 14.9. The van der Waals surface area contributed by atoms with Crippen molar-refractivity contribution in [2.24, 2.45) is 5.92 Å². The van der Waals surface area contributed by atoms with E-state index in [2.05, 4.69) is 0 Å². The van der Waals surface area contributed by atoms with Crippen LogP contribution >= 0.6 is 0 Å². The molecule has 10 heteroatoms. The number of piperidine rings is 1. The molecule has 43 heavy (non-hydrogen) atoms. The third-order valence-corrected chi connectivity index (χ3v) is 10.3. The molecule has 2 heterocycles. The second kappa shape index (κ2) is 13.1. The van der Waals surface area contributed by atoms with E-state index in [1.165, 1.54) is 4.31 Å². The zero-order valence-corrected chi connectivity index (χ0v) is 26.3. The van der Waals surface area contributed by atoms with Crippen LogP contribution in [-0.4, -0.2) is 89.9 Å². The maximum absolute atomic E-state index is 13.6. The highest BCUT2D eigenvalue weighted by Gasteiger charge is 2.35. The molecule has 0 saturated carbocycles. The minimum atomic E-state index is -3.77. The van der Waals surface area contributed by atoms with E-state index in [1.54, 1.807) is 30.2 Å². The van der Waals surface area contributed by atoms with Crippen molar-refractivity contribution >= 4 is 38.2 Å². The van der Waals surface area contributed by atoms with Gasteiger partial charge in [-0.15, -0.1) is 0 Å². The van der Waals surface area contributed by atoms with Gasteiger partial charge in [-0.1, -0.05) is 18.2 Å². The van der Waals surface area contributed by atoms with Gasteiger partial charge in [0.1, 0.15) is 18.1 Å². The summed E-state index contributed by atoms with van der Waals surface area (Å²) in [6, 6.07) is 14.5. The summed E-state index contributed by atoms with van der Waals surface area (Å²) in [4.78, 5) is 30.8. The number of anilines is 1. The number of rotatable bonds is 13. The smallest absolute Gasteiger partial charge is 0.258 e. The van der Waals surface area contributed by atoms with Gasteiger partial charge in [0.2, 0.25) is 10.0 Å². The number of ether oxygens (including phenoxy) is 2. The normalized spacial score (nSPS) is 17.3. The summed E-state index contributed by atoms with van der Waals surface area (Å²) in [5.74, 6) is 0.255. The Morgan fingerprint density at radius 2 is 1.91 bits per heavy atom. The monoisotopic (exact) mass is 607 g/mol. The summed E-state index contributed by atoms with van der Waals surface area (Å²) >= 11 is 0. The molecular weight excluding hydrogens is 566 g/mol. The molecule has 3 aromatic rings. The Kier molecular flexibility index (Phi) is 9.51. The molecule has 1 unspecified atom stereocenters. The van der Waals surface area contributed by atoms with Crippen molar-refractivity contribution in [1.29, 1.82) is 0 Å². The van der Waals surface area contributed by atoms with Crippen LogP contribution in [0.2, 0.25) is 0 Å². The third-order valence-electron chi connectivity index (χ3n) is 8.39. The number of benzene rings is 3. The number of likely N-dealkylation sites (N-methyl/N-ethyl adjacent to an activating group) is 1. The average Bonchev–Trinajstić information content (AvgIpc) is 3.26. The van der Waals surface area contributed by atoms with Gasteiger partial charge in [-0.3, -0.25) is 9.59 Å². The number of hydrogen-bond acceptors (Lipinski definition) is 7. The number of nitrogens with zero attached hydrogens (tertiary/aromatic N) is 3. The Balaban J connectivity index is 1.30. The van der Waals surface area contributed by atoms with Gasteiger partial charge in [0, 0.05) is 63.2 Å². The molecule has 1 amide bonds. The number of carbonyl (C=O) groups is 2. The molecule has 0 N–H and O–H groups in total. The van der Waals surface area contributed by atoms with Gasteiger partial charge in [-0.25, -0.2) is 8.42 Å². The van der Waals surface area contributed by atoms with E-state index in [4.69, 9.17) is 9.47 Å². The summed E-state index contributed by atoms with van der Waals surface area (Å²) in [7, 11) is 1.81. The highest BCUT2D eigenvalue weighted by atomic mass is 32.2. The second-order valence-corrected chi connectivity index (χ2v) is 13.6. The molecule has 1 saturated heterocycles. The summed E-state index contributed by atoms with van der Waals surface area (Å²) in [5.41, 5.74) is 3.13. The molecule has 5 rings (SSSR count). The SMILES string of the molecule is COCCCN1C(=O)c2cccc3c(CC(=O)C4CCCN(S(=O)(=O)c5ccc(OCCN(C)C)c(C)c5)C4)ccc1c23. The molecule has 0 aromatic heterocycles. The van der Waals surface area contributed by atoms with Crippen molar-refractivity contribution in [3.8, 4) is 5.75 Å². The van der Waals surface area contributed by atoms with Crippen LogP contribution in [-0.2, 0) is 26.0 Å².